The van der Waals surface area contributed by atoms with Crippen LogP contribution in [0.3, 0.4) is 0 Å². The molecule has 10 heteroatoms. The van der Waals surface area contributed by atoms with Gasteiger partial charge >= 0.3 is 0 Å². The van der Waals surface area contributed by atoms with Crippen molar-refractivity contribution < 1.29 is 18.4 Å². The van der Waals surface area contributed by atoms with Gasteiger partial charge in [0.15, 0.2) is 5.82 Å². The third kappa shape index (κ3) is 4.66. The zero-order chi connectivity index (χ0) is 24.4. The van der Waals surface area contributed by atoms with Crippen LogP contribution >= 0.6 is 0 Å². The molecule has 0 saturated heterocycles. The number of anilines is 4. The van der Waals surface area contributed by atoms with Crippen molar-refractivity contribution in [3.05, 3.63) is 70.9 Å². The number of rotatable bonds is 6. The average molecular weight is 466 g/mol. The third-order valence-corrected chi connectivity index (χ3v) is 5.66. The molecule has 1 aromatic heterocycles. The first-order valence-corrected chi connectivity index (χ1v) is 10.8. The van der Waals surface area contributed by atoms with E-state index in [-0.39, 0.29) is 24.1 Å². The Morgan fingerprint density at radius 1 is 1.15 bits per heavy atom. The molecular formula is C24H24F2N6O2. The Bertz CT molecular complexity index is 1250. The lowest BCUT2D eigenvalue weighted by molar-refractivity contribution is -0.117. The van der Waals surface area contributed by atoms with E-state index in [1.807, 2.05) is 11.8 Å². The summed E-state index contributed by atoms with van der Waals surface area (Å²) in [5.74, 6) is -0.698. The van der Waals surface area contributed by atoms with Crippen molar-refractivity contribution in [3.8, 4) is 0 Å². The second-order valence-corrected chi connectivity index (χ2v) is 7.98. The number of halogens is 2. The van der Waals surface area contributed by atoms with E-state index in [2.05, 4.69) is 25.9 Å². The number of nitrogens with one attached hydrogen (secondary N) is 3. The summed E-state index contributed by atoms with van der Waals surface area (Å²) in [4.78, 5) is 35.3. The van der Waals surface area contributed by atoms with Gasteiger partial charge in [0.25, 0.3) is 5.91 Å². The van der Waals surface area contributed by atoms with Crippen LogP contribution in [0.1, 0.15) is 35.0 Å². The Labute approximate surface area is 195 Å². The van der Waals surface area contributed by atoms with E-state index in [4.69, 9.17) is 0 Å². The van der Waals surface area contributed by atoms with Gasteiger partial charge in [-0.1, -0.05) is 13.0 Å². The molecule has 0 saturated carbocycles. The molecule has 2 heterocycles. The molecule has 176 valence electrons. The highest BCUT2D eigenvalue weighted by Gasteiger charge is 2.32. The van der Waals surface area contributed by atoms with Gasteiger partial charge in [0.2, 0.25) is 11.9 Å². The summed E-state index contributed by atoms with van der Waals surface area (Å²) in [6.45, 7) is 3.78. The van der Waals surface area contributed by atoms with Crippen molar-refractivity contribution >= 4 is 35.0 Å². The summed E-state index contributed by atoms with van der Waals surface area (Å²) in [6.07, 6.45) is 0.625. The van der Waals surface area contributed by atoms with Gasteiger partial charge < -0.3 is 20.9 Å². The van der Waals surface area contributed by atoms with Gasteiger partial charge in [-0.25, -0.2) is 13.8 Å². The van der Waals surface area contributed by atoms with Crippen molar-refractivity contribution in [1.82, 2.24) is 9.97 Å². The number of amides is 2. The van der Waals surface area contributed by atoms with Crippen molar-refractivity contribution in [2.75, 3.05) is 27.9 Å². The number of benzene rings is 2. The molecule has 0 unspecified atom stereocenters. The highest BCUT2D eigenvalue weighted by Crippen LogP contribution is 2.33. The van der Waals surface area contributed by atoms with Crippen LogP contribution in [0.15, 0.2) is 42.5 Å². The predicted octanol–water partition coefficient (Wildman–Crippen LogP) is 4.09. The van der Waals surface area contributed by atoms with Crippen LogP contribution in [0, 0.1) is 18.6 Å². The minimum Gasteiger partial charge on any atom is -0.350 e. The Morgan fingerprint density at radius 2 is 1.88 bits per heavy atom. The summed E-state index contributed by atoms with van der Waals surface area (Å²) in [5.41, 5.74) is 2.02. The molecule has 0 spiro atoms. The molecule has 4 rings (SSSR count). The van der Waals surface area contributed by atoms with Crippen LogP contribution in [-0.2, 0) is 11.3 Å². The van der Waals surface area contributed by atoms with Gasteiger partial charge in [-0.3, -0.25) is 9.59 Å². The molecule has 1 aliphatic rings. The van der Waals surface area contributed by atoms with Gasteiger partial charge in [0.1, 0.15) is 23.4 Å². The van der Waals surface area contributed by atoms with E-state index >= 15 is 0 Å². The molecule has 0 aliphatic carbocycles. The van der Waals surface area contributed by atoms with Crippen LogP contribution < -0.4 is 20.9 Å². The van der Waals surface area contributed by atoms with Crippen LogP contribution in [0.4, 0.5) is 31.9 Å². The fourth-order valence-corrected chi connectivity index (χ4v) is 3.77. The zero-order valence-corrected chi connectivity index (χ0v) is 18.9. The number of fused-ring (bicyclic) bond motifs is 1. The zero-order valence-electron chi connectivity index (χ0n) is 18.9. The summed E-state index contributed by atoms with van der Waals surface area (Å²) in [7, 11) is 1.80. The Hall–Kier alpha value is -4.08. The van der Waals surface area contributed by atoms with Crippen LogP contribution in [0.25, 0.3) is 0 Å². The molecule has 1 atom stereocenters. The topological polar surface area (TPSA) is 99.2 Å². The van der Waals surface area contributed by atoms with Gasteiger partial charge in [-0.05, 0) is 49.7 Å². The molecule has 2 amide bonds. The summed E-state index contributed by atoms with van der Waals surface area (Å²) >= 11 is 0. The van der Waals surface area contributed by atoms with E-state index < -0.39 is 17.5 Å². The number of aromatic nitrogens is 2. The average Bonchev–Trinajstić information content (AvgIpc) is 2.81. The largest absolute Gasteiger partial charge is 0.350 e. The molecule has 3 N–H and O–H groups in total. The molecule has 0 fully saturated rings. The lowest BCUT2D eigenvalue weighted by Crippen LogP contribution is -2.46. The maximum Gasteiger partial charge on any atom is 0.255 e. The summed E-state index contributed by atoms with van der Waals surface area (Å²) in [5, 5.41) is 8.47. The first-order chi connectivity index (χ1) is 16.3. The molecule has 2 aromatic carbocycles. The van der Waals surface area contributed by atoms with Gasteiger partial charge in [0.05, 0.1) is 5.69 Å². The summed E-state index contributed by atoms with van der Waals surface area (Å²) in [6, 6.07) is 9.12. The third-order valence-electron chi connectivity index (χ3n) is 5.66. The number of carbonyl (C=O) groups excluding carboxylic acids is 2. The smallest absolute Gasteiger partial charge is 0.255 e. The van der Waals surface area contributed by atoms with E-state index in [0.717, 1.165) is 6.07 Å². The predicted molar refractivity (Wildman–Crippen MR) is 126 cm³/mol. The van der Waals surface area contributed by atoms with Crippen molar-refractivity contribution in [1.29, 1.82) is 0 Å². The first-order valence-electron chi connectivity index (χ1n) is 10.8. The minimum atomic E-state index is -0.565. The normalized spacial score (nSPS) is 14.9. The standard InChI is InChI=1S/C24H24F2N6O2/c1-4-19-23(34)30-20-13(2)28-24(31-21(20)32(19)3)27-12-15-6-5-14(11-18(15)26)22(33)29-17-9-7-16(25)8-10-17/h5-11,19H,4,12H2,1-3H3,(H,29,33)(H,30,34)(H,27,28,31)/t19-/m0/s1. The number of aryl methyl sites for hydroxylation is 1. The van der Waals surface area contributed by atoms with Crippen LogP contribution in [0.2, 0.25) is 0 Å². The Kier molecular flexibility index (Phi) is 6.40. The SMILES string of the molecule is CC[C@H]1C(=O)Nc2c(C)nc(NCc3ccc(C(=O)Nc4ccc(F)cc4)cc3F)nc2N1C. The van der Waals surface area contributed by atoms with Gasteiger partial charge in [-0.2, -0.15) is 4.98 Å². The maximum atomic E-state index is 14.7. The minimum absolute atomic E-state index is 0.0944. The molecule has 8 nitrogen and oxygen atoms in total. The number of hydrogen-bond acceptors (Lipinski definition) is 6. The molecular weight excluding hydrogens is 442 g/mol. The second-order valence-electron chi connectivity index (χ2n) is 7.98. The Balaban J connectivity index is 1.46. The van der Waals surface area contributed by atoms with Gasteiger partial charge in [0, 0.05) is 30.4 Å². The second kappa shape index (κ2) is 9.42. The monoisotopic (exact) mass is 466 g/mol. The quantitative estimate of drug-likeness (QED) is 0.506. The number of carbonyl (C=O) groups is 2. The first kappa shape index (κ1) is 23.1. The number of nitrogens with zero attached hydrogens (tertiary/aromatic N) is 3. The molecule has 34 heavy (non-hydrogen) atoms. The Morgan fingerprint density at radius 3 is 2.56 bits per heavy atom. The fraction of sp³-hybridized carbons (Fsp3) is 0.250. The molecule has 0 bridgehead atoms. The van der Waals surface area contributed by atoms with Crippen LogP contribution in [-0.4, -0.2) is 34.9 Å². The maximum absolute atomic E-state index is 14.7. The van der Waals surface area contributed by atoms with Crippen molar-refractivity contribution in [2.45, 2.75) is 32.9 Å². The lowest BCUT2D eigenvalue weighted by atomic mass is 10.1. The number of likely N-dealkylation sites (N-methyl/N-ethyl adjacent to an activating group) is 1. The number of hydrogen-bond donors (Lipinski definition) is 3. The van der Waals surface area contributed by atoms with Gasteiger partial charge in [-0.15, -0.1) is 0 Å². The van der Waals surface area contributed by atoms with Crippen LogP contribution in [0.5, 0.6) is 0 Å². The summed E-state index contributed by atoms with van der Waals surface area (Å²) < 4.78 is 27.7. The fourth-order valence-electron chi connectivity index (χ4n) is 3.77. The van der Waals surface area contributed by atoms with E-state index in [1.54, 1.807) is 14.0 Å². The van der Waals surface area contributed by atoms with Crippen molar-refractivity contribution in [2.24, 2.45) is 0 Å². The highest BCUT2D eigenvalue weighted by atomic mass is 19.1. The lowest BCUT2D eigenvalue weighted by Gasteiger charge is -2.34. The van der Waals surface area contributed by atoms with E-state index in [0.29, 0.717) is 40.8 Å². The molecule has 1 aliphatic heterocycles. The van der Waals surface area contributed by atoms with E-state index in [1.165, 1.54) is 36.4 Å². The van der Waals surface area contributed by atoms with E-state index in [9.17, 15) is 18.4 Å². The molecule has 0 radical (unpaired) electrons. The van der Waals surface area contributed by atoms with Crippen molar-refractivity contribution in [3.63, 3.8) is 0 Å². The highest BCUT2D eigenvalue weighted by molar-refractivity contribution is 6.04. The molecule has 3 aromatic rings.